The van der Waals surface area contributed by atoms with Crippen molar-refractivity contribution in [2.45, 2.75) is 63.6 Å². The van der Waals surface area contributed by atoms with Gasteiger partial charge >= 0.3 is 0 Å². The monoisotopic (exact) mass is 278 g/mol. The number of aliphatic hydroxyl groups is 1. The van der Waals surface area contributed by atoms with Gasteiger partial charge < -0.3 is 14.6 Å². The topological polar surface area (TPSA) is 38.7 Å². The van der Waals surface area contributed by atoms with E-state index in [1.165, 1.54) is 31.3 Å². The highest BCUT2D eigenvalue weighted by atomic mass is 16.7. The first-order valence-corrected chi connectivity index (χ1v) is 8.21. The number of ether oxygens (including phenoxy) is 2. The average molecular weight is 278 g/mol. The zero-order chi connectivity index (χ0) is 13.8. The van der Waals surface area contributed by atoms with Gasteiger partial charge in [0.1, 0.15) is 6.79 Å². The van der Waals surface area contributed by atoms with Gasteiger partial charge in [0.2, 0.25) is 0 Å². The van der Waals surface area contributed by atoms with Crippen molar-refractivity contribution >= 4 is 0 Å². The second-order valence-electron chi connectivity index (χ2n) is 7.60. The lowest BCUT2D eigenvalue weighted by Crippen LogP contribution is -2.52. The van der Waals surface area contributed by atoms with Gasteiger partial charge in [-0.15, -0.1) is 0 Å². The first-order chi connectivity index (χ1) is 9.65. The smallest absolute Gasteiger partial charge is 0.147 e. The number of aliphatic hydroxyl groups excluding tert-OH is 1. The maximum absolute atomic E-state index is 10.7. The summed E-state index contributed by atoms with van der Waals surface area (Å²) in [7, 11) is 0. The Kier molecular flexibility index (Phi) is 3.03. The first-order valence-electron chi connectivity index (χ1n) is 8.21. The van der Waals surface area contributed by atoms with Crippen LogP contribution in [0.1, 0.15) is 51.9 Å². The van der Waals surface area contributed by atoms with Crippen molar-refractivity contribution in [1.29, 1.82) is 0 Å². The minimum absolute atomic E-state index is 0.0921. The third kappa shape index (κ3) is 1.76. The summed E-state index contributed by atoms with van der Waals surface area (Å²) in [5, 5.41) is 10.7. The SMILES string of the molecule is CC1=CCC23CCCC(C2C2(CC3)COCO2)[C@@H](O)C1. The van der Waals surface area contributed by atoms with Crippen LogP contribution in [0, 0.1) is 17.3 Å². The Bertz CT molecular complexity index is 424. The largest absolute Gasteiger partial charge is 0.392 e. The molecule has 1 aliphatic heterocycles. The van der Waals surface area contributed by atoms with Gasteiger partial charge in [-0.3, -0.25) is 0 Å². The van der Waals surface area contributed by atoms with E-state index in [4.69, 9.17) is 9.47 Å². The molecule has 1 spiro atoms. The molecule has 3 aliphatic carbocycles. The molecule has 0 radical (unpaired) electrons. The predicted octanol–water partition coefficient (Wildman–Crippen LogP) is 3.03. The van der Waals surface area contributed by atoms with Crippen molar-refractivity contribution in [2.75, 3.05) is 13.4 Å². The number of allylic oxidation sites excluding steroid dienone is 1. The zero-order valence-corrected chi connectivity index (χ0v) is 12.4. The Morgan fingerprint density at radius 2 is 2.20 bits per heavy atom. The molecule has 3 fully saturated rings. The Morgan fingerprint density at radius 1 is 1.30 bits per heavy atom. The van der Waals surface area contributed by atoms with Crippen molar-refractivity contribution in [3.63, 3.8) is 0 Å². The molecule has 4 rings (SSSR count). The summed E-state index contributed by atoms with van der Waals surface area (Å²) in [6.07, 6.45) is 10.3. The van der Waals surface area contributed by atoms with Crippen LogP contribution < -0.4 is 0 Å². The van der Waals surface area contributed by atoms with E-state index >= 15 is 0 Å². The summed E-state index contributed by atoms with van der Waals surface area (Å²) in [5.41, 5.74) is 1.64. The second-order valence-corrected chi connectivity index (χ2v) is 7.60. The third-order valence-electron chi connectivity index (χ3n) is 6.57. The van der Waals surface area contributed by atoms with E-state index in [9.17, 15) is 5.11 Å². The van der Waals surface area contributed by atoms with E-state index in [1.807, 2.05) is 0 Å². The van der Waals surface area contributed by atoms with Gasteiger partial charge in [0.05, 0.1) is 18.3 Å². The fraction of sp³-hybridized carbons (Fsp3) is 0.882. The quantitative estimate of drug-likeness (QED) is 0.692. The fourth-order valence-electron chi connectivity index (χ4n) is 5.74. The highest BCUT2D eigenvalue weighted by Gasteiger charge is 2.63. The highest BCUT2D eigenvalue weighted by Crippen LogP contribution is 2.64. The van der Waals surface area contributed by atoms with Crippen molar-refractivity contribution in [3.05, 3.63) is 11.6 Å². The van der Waals surface area contributed by atoms with Crippen LogP contribution in [0.5, 0.6) is 0 Å². The van der Waals surface area contributed by atoms with E-state index in [0.717, 1.165) is 25.9 Å². The first kappa shape index (κ1) is 13.3. The molecular formula is C17H26O3. The normalized spacial score (nSPS) is 51.5. The molecule has 4 aliphatic rings. The van der Waals surface area contributed by atoms with Crippen LogP contribution in [0.2, 0.25) is 0 Å². The maximum atomic E-state index is 10.7. The lowest BCUT2D eigenvalue weighted by Gasteiger charge is -2.50. The van der Waals surface area contributed by atoms with Gasteiger partial charge in [0, 0.05) is 5.92 Å². The fourth-order valence-corrected chi connectivity index (χ4v) is 5.74. The maximum Gasteiger partial charge on any atom is 0.147 e. The van der Waals surface area contributed by atoms with Crippen molar-refractivity contribution in [3.8, 4) is 0 Å². The van der Waals surface area contributed by atoms with Crippen LogP contribution >= 0.6 is 0 Å². The van der Waals surface area contributed by atoms with E-state index < -0.39 is 0 Å². The van der Waals surface area contributed by atoms with Crippen molar-refractivity contribution in [1.82, 2.24) is 0 Å². The van der Waals surface area contributed by atoms with Crippen molar-refractivity contribution < 1.29 is 14.6 Å². The molecule has 0 amide bonds. The summed E-state index contributed by atoms with van der Waals surface area (Å²) in [4.78, 5) is 0. The van der Waals surface area contributed by atoms with E-state index in [-0.39, 0.29) is 11.7 Å². The van der Waals surface area contributed by atoms with Crippen LogP contribution in [0.3, 0.4) is 0 Å². The van der Waals surface area contributed by atoms with Gasteiger partial charge in [0.15, 0.2) is 0 Å². The number of hydrogen-bond donors (Lipinski definition) is 1. The molecule has 2 bridgehead atoms. The van der Waals surface area contributed by atoms with E-state index in [0.29, 0.717) is 24.0 Å². The lowest BCUT2D eigenvalue weighted by molar-refractivity contribution is -0.113. The Hall–Kier alpha value is -0.380. The standard InChI is InChI=1S/C17H26O3/c1-12-4-6-16-5-2-3-13(14(18)9-12)15(16)17(8-7-16)10-19-11-20-17/h4,13-15,18H,2-3,5-11H2,1H3/t13?,14-,15?,16?,17?/m0/s1. The van der Waals surface area contributed by atoms with Gasteiger partial charge in [0.25, 0.3) is 0 Å². The Labute approximate surface area is 121 Å². The second kappa shape index (κ2) is 4.56. The molecule has 0 aromatic rings. The highest BCUT2D eigenvalue weighted by molar-refractivity contribution is 5.17. The third-order valence-corrected chi connectivity index (χ3v) is 6.57. The van der Waals surface area contributed by atoms with Gasteiger partial charge in [-0.25, -0.2) is 0 Å². The molecular weight excluding hydrogens is 252 g/mol. The molecule has 0 aromatic carbocycles. The van der Waals surface area contributed by atoms with Gasteiger partial charge in [-0.05, 0) is 56.8 Å². The van der Waals surface area contributed by atoms with Crippen LogP contribution in [-0.2, 0) is 9.47 Å². The summed E-state index contributed by atoms with van der Waals surface area (Å²) in [5.74, 6) is 0.891. The molecule has 1 N–H and O–H groups in total. The summed E-state index contributed by atoms with van der Waals surface area (Å²) >= 11 is 0. The molecule has 3 nitrogen and oxygen atoms in total. The lowest BCUT2D eigenvalue weighted by atomic mass is 9.56. The summed E-state index contributed by atoms with van der Waals surface area (Å²) in [6, 6.07) is 0. The minimum Gasteiger partial charge on any atom is -0.392 e. The Morgan fingerprint density at radius 3 is 3.00 bits per heavy atom. The molecule has 20 heavy (non-hydrogen) atoms. The van der Waals surface area contributed by atoms with Crippen LogP contribution in [-0.4, -0.2) is 30.2 Å². The van der Waals surface area contributed by atoms with E-state index in [2.05, 4.69) is 13.0 Å². The molecule has 4 unspecified atom stereocenters. The molecule has 0 aromatic heterocycles. The molecule has 5 atom stereocenters. The minimum atomic E-state index is -0.199. The molecule has 2 saturated carbocycles. The molecule has 1 saturated heterocycles. The van der Waals surface area contributed by atoms with Crippen molar-refractivity contribution in [2.24, 2.45) is 17.3 Å². The van der Waals surface area contributed by atoms with Crippen LogP contribution in [0.25, 0.3) is 0 Å². The molecule has 3 heteroatoms. The number of rotatable bonds is 0. The summed E-state index contributed by atoms with van der Waals surface area (Å²) in [6.45, 7) is 3.37. The van der Waals surface area contributed by atoms with Gasteiger partial charge in [-0.2, -0.15) is 0 Å². The van der Waals surface area contributed by atoms with Crippen LogP contribution in [0.15, 0.2) is 11.6 Å². The molecule has 1 heterocycles. The zero-order valence-electron chi connectivity index (χ0n) is 12.4. The Balaban J connectivity index is 1.78. The average Bonchev–Trinajstić information content (AvgIpc) is 3.03. The molecule has 112 valence electrons. The predicted molar refractivity (Wildman–Crippen MR) is 76.1 cm³/mol. The summed E-state index contributed by atoms with van der Waals surface area (Å²) < 4.78 is 11.7. The van der Waals surface area contributed by atoms with Crippen LogP contribution in [0.4, 0.5) is 0 Å². The number of hydrogen-bond acceptors (Lipinski definition) is 3. The van der Waals surface area contributed by atoms with Gasteiger partial charge in [-0.1, -0.05) is 18.1 Å². The van der Waals surface area contributed by atoms with E-state index in [1.54, 1.807) is 0 Å².